The first kappa shape index (κ1) is 19.7. The van der Waals surface area contributed by atoms with Crippen LogP contribution in [0.2, 0.25) is 0 Å². The van der Waals surface area contributed by atoms with Gasteiger partial charge in [0.05, 0.1) is 0 Å². The number of anilines is 1. The molecule has 0 heterocycles. The van der Waals surface area contributed by atoms with E-state index in [9.17, 15) is 0 Å². The van der Waals surface area contributed by atoms with Crippen LogP contribution in [0.1, 0.15) is 20.3 Å². The number of rotatable bonds is 6. The number of fused-ring (bicyclic) bond motifs is 6. The van der Waals surface area contributed by atoms with Gasteiger partial charge >= 0.3 is 0 Å². The maximum Gasteiger partial charge on any atom is 0.0390 e. The molecule has 0 fully saturated rings. The molecule has 0 aliphatic rings. The Morgan fingerprint density at radius 1 is 0.833 bits per heavy atom. The van der Waals surface area contributed by atoms with Gasteiger partial charge in [-0.05, 0) is 76.4 Å². The van der Waals surface area contributed by atoms with Gasteiger partial charge in [0.1, 0.15) is 0 Å². The molecule has 4 aromatic carbocycles. The molecule has 0 aliphatic carbocycles. The van der Waals surface area contributed by atoms with E-state index in [1.165, 1.54) is 37.9 Å². The van der Waals surface area contributed by atoms with Gasteiger partial charge in [-0.2, -0.15) is 0 Å². The Bertz CT molecular complexity index is 1280. The normalized spacial score (nSPS) is 12.9. The molecular weight excluding hydrogens is 362 g/mol. The summed E-state index contributed by atoms with van der Waals surface area (Å²) in [6, 6.07) is 24.1. The van der Waals surface area contributed by atoms with E-state index in [1.807, 2.05) is 12.2 Å². The summed E-state index contributed by atoms with van der Waals surface area (Å²) in [6.07, 6.45) is 11.0. The minimum Gasteiger partial charge on any atom is -0.356 e. The molecule has 0 atom stereocenters. The van der Waals surface area contributed by atoms with Gasteiger partial charge in [0.25, 0.3) is 0 Å². The smallest absolute Gasteiger partial charge is 0.0390 e. The van der Waals surface area contributed by atoms with Crippen molar-refractivity contribution in [2.24, 2.45) is 0 Å². The summed E-state index contributed by atoms with van der Waals surface area (Å²) in [6.45, 7) is 7.97. The van der Waals surface area contributed by atoms with Crippen LogP contribution in [0.25, 0.3) is 32.3 Å². The third-order valence-electron chi connectivity index (χ3n) is 5.51. The monoisotopic (exact) mass is 389 g/mol. The summed E-state index contributed by atoms with van der Waals surface area (Å²) < 4.78 is 0. The molecule has 1 N–H and O–H groups in total. The van der Waals surface area contributed by atoms with E-state index >= 15 is 0 Å². The van der Waals surface area contributed by atoms with Crippen LogP contribution in [0.15, 0.2) is 115 Å². The Labute approximate surface area is 178 Å². The fourth-order valence-corrected chi connectivity index (χ4v) is 4.05. The Morgan fingerprint density at radius 3 is 1.97 bits per heavy atom. The van der Waals surface area contributed by atoms with Crippen molar-refractivity contribution in [1.29, 1.82) is 0 Å². The van der Waals surface area contributed by atoms with Crippen LogP contribution in [0.4, 0.5) is 5.69 Å². The molecule has 0 saturated carbocycles. The van der Waals surface area contributed by atoms with E-state index in [2.05, 4.69) is 111 Å². The molecule has 0 bridgehead atoms. The Morgan fingerprint density at radius 2 is 1.40 bits per heavy atom. The molecule has 1 heteroatoms. The second kappa shape index (κ2) is 8.84. The number of nitrogens with one attached hydrogen (secondary N) is 1. The predicted molar refractivity (Wildman–Crippen MR) is 134 cm³/mol. The Kier molecular flexibility index (Phi) is 5.81. The number of hydrogen-bond acceptors (Lipinski definition) is 1. The van der Waals surface area contributed by atoms with Crippen LogP contribution < -0.4 is 5.32 Å². The molecule has 148 valence electrons. The van der Waals surface area contributed by atoms with Gasteiger partial charge < -0.3 is 5.32 Å². The van der Waals surface area contributed by atoms with Crippen molar-refractivity contribution in [1.82, 2.24) is 0 Å². The zero-order valence-electron chi connectivity index (χ0n) is 17.7. The van der Waals surface area contributed by atoms with Gasteiger partial charge in [-0.15, -0.1) is 0 Å². The van der Waals surface area contributed by atoms with Crippen molar-refractivity contribution in [3.63, 3.8) is 0 Å². The van der Waals surface area contributed by atoms with Crippen molar-refractivity contribution in [3.8, 4) is 0 Å². The molecule has 0 aromatic heterocycles. The summed E-state index contributed by atoms with van der Waals surface area (Å²) in [5.74, 6) is 0. The number of allylic oxidation sites excluding steroid dienone is 6. The fourth-order valence-electron chi connectivity index (χ4n) is 4.05. The van der Waals surface area contributed by atoms with Crippen LogP contribution in [0, 0.1) is 0 Å². The highest BCUT2D eigenvalue weighted by Crippen LogP contribution is 2.36. The van der Waals surface area contributed by atoms with Gasteiger partial charge in [-0.25, -0.2) is 0 Å². The fraction of sp³-hybridized carbons (Fsp3) is 0.103. The first-order chi connectivity index (χ1) is 14.7. The third-order valence-corrected chi connectivity index (χ3v) is 5.51. The van der Waals surface area contributed by atoms with Gasteiger partial charge in [0.15, 0.2) is 0 Å². The largest absolute Gasteiger partial charge is 0.356 e. The molecule has 0 unspecified atom stereocenters. The lowest BCUT2D eigenvalue weighted by Gasteiger charge is -2.14. The van der Waals surface area contributed by atoms with Crippen LogP contribution >= 0.6 is 0 Å². The highest BCUT2D eigenvalue weighted by molar-refractivity contribution is 6.25. The average Bonchev–Trinajstić information content (AvgIpc) is 2.79. The van der Waals surface area contributed by atoms with Crippen molar-refractivity contribution >= 4 is 38.0 Å². The van der Waals surface area contributed by atoms with Crippen LogP contribution in [-0.4, -0.2) is 0 Å². The Hall–Kier alpha value is -3.58. The minimum atomic E-state index is 0.889. The van der Waals surface area contributed by atoms with Gasteiger partial charge in [-0.1, -0.05) is 85.5 Å². The summed E-state index contributed by atoms with van der Waals surface area (Å²) in [7, 11) is 0. The predicted octanol–water partition coefficient (Wildman–Crippen LogP) is 8.54. The van der Waals surface area contributed by atoms with Crippen molar-refractivity contribution < 1.29 is 0 Å². The molecule has 0 aliphatic heterocycles. The second-order valence-corrected chi connectivity index (χ2v) is 7.54. The molecule has 4 rings (SSSR count). The molecule has 0 saturated heterocycles. The van der Waals surface area contributed by atoms with Crippen LogP contribution in [-0.2, 0) is 0 Å². The highest BCUT2D eigenvalue weighted by Gasteiger charge is 2.09. The molecule has 4 aromatic rings. The molecule has 0 amide bonds. The standard InChI is InChI=1S/C29H27N/c1-4-6-7-13-21(3)29(12-5-2)30-22-18-19-27-25-16-9-8-14-23(25)24-15-10-11-17-26(24)28(27)20-22/h4-12,14-20,30H,1,13H2,2-3H3/b7-6-,12-5-,29-21-. The molecular formula is C29H27N. The summed E-state index contributed by atoms with van der Waals surface area (Å²) in [4.78, 5) is 0. The quantitative estimate of drug-likeness (QED) is 0.257. The summed E-state index contributed by atoms with van der Waals surface area (Å²) in [5.41, 5.74) is 3.52. The van der Waals surface area contributed by atoms with Crippen LogP contribution in [0.3, 0.4) is 0 Å². The maximum atomic E-state index is 3.75. The molecule has 0 spiro atoms. The molecule has 1 nitrogen and oxygen atoms in total. The first-order valence-electron chi connectivity index (χ1n) is 10.4. The lowest BCUT2D eigenvalue weighted by Crippen LogP contribution is -2.00. The van der Waals surface area contributed by atoms with E-state index in [0.29, 0.717) is 0 Å². The van der Waals surface area contributed by atoms with E-state index in [0.717, 1.165) is 17.8 Å². The van der Waals surface area contributed by atoms with E-state index in [1.54, 1.807) is 0 Å². The van der Waals surface area contributed by atoms with Crippen molar-refractivity contribution in [3.05, 3.63) is 115 Å². The van der Waals surface area contributed by atoms with Crippen molar-refractivity contribution in [2.75, 3.05) is 5.32 Å². The minimum absolute atomic E-state index is 0.889. The van der Waals surface area contributed by atoms with Gasteiger partial charge in [-0.3, -0.25) is 0 Å². The first-order valence-corrected chi connectivity index (χ1v) is 10.4. The molecule has 0 radical (unpaired) electrons. The summed E-state index contributed by atoms with van der Waals surface area (Å²) >= 11 is 0. The zero-order chi connectivity index (χ0) is 20.9. The third kappa shape index (κ3) is 3.79. The number of benzene rings is 4. The highest BCUT2D eigenvalue weighted by atomic mass is 14.9. The van der Waals surface area contributed by atoms with E-state index < -0.39 is 0 Å². The summed E-state index contributed by atoms with van der Waals surface area (Å²) in [5, 5.41) is 11.4. The average molecular weight is 390 g/mol. The topological polar surface area (TPSA) is 12.0 Å². The number of hydrogen-bond donors (Lipinski definition) is 1. The van der Waals surface area contributed by atoms with Gasteiger partial charge in [0, 0.05) is 11.4 Å². The van der Waals surface area contributed by atoms with Gasteiger partial charge in [0.2, 0.25) is 0 Å². The van der Waals surface area contributed by atoms with Crippen LogP contribution in [0.5, 0.6) is 0 Å². The second-order valence-electron chi connectivity index (χ2n) is 7.54. The lowest BCUT2D eigenvalue weighted by molar-refractivity contribution is 1.16. The maximum absolute atomic E-state index is 3.75. The van der Waals surface area contributed by atoms with E-state index in [-0.39, 0.29) is 0 Å². The Balaban J connectivity index is 1.86. The zero-order valence-corrected chi connectivity index (χ0v) is 17.7. The SMILES string of the molecule is C=C/C=C\C/C(C)=C(/C=C\C)Nc1ccc2c3ccccc3c3ccccc3c2c1. The van der Waals surface area contributed by atoms with E-state index in [4.69, 9.17) is 0 Å². The lowest BCUT2D eigenvalue weighted by atomic mass is 9.94. The van der Waals surface area contributed by atoms with Crippen molar-refractivity contribution in [2.45, 2.75) is 20.3 Å². The molecule has 30 heavy (non-hydrogen) atoms.